The summed E-state index contributed by atoms with van der Waals surface area (Å²) in [4.78, 5) is 25.2. The number of hydrogen-bond donors (Lipinski definition) is 2. The van der Waals surface area contributed by atoms with Crippen molar-refractivity contribution in [3.05, 3.63) is 34.9 Å². The van der Waals surface area contributed by atoms with E-state index < -0.39 is 0 Å². The zero-order valence-corrected chi connectivity index (χ0v) is 16.0. The monoisotopic (exact) mass is 374 g/mol. The van der Waals surface area contributed by atoms with Crippen molar-refractivity contribution in [3.8, 4) is 0 Å². The second kappa shape index (κ2) is 6.88. The smallest absolute Gasteiger partial charge is 0.239 e. The van der Waals surface area contributed by atoms with Crippen molar-refractivity contribution in [2.24, 2.45) is 23.2 Å². The van der Waals surface area contributed by atoms with Gasteiger partial charge >= 0.3 is 0 Å². The van der Waals surface area contributed by atoms with E-state index in [0.717, 1.165) is 42.6 Å². The lowest BCUT2D eigenvalue weighted by atomic mass is 9.49. The number of carbonyl (C=O) groups excluding carboxylic acids is 2. The molecular weight excluding hydrogens is 348 g/mol. The lowest BCUT2D eigenvalue weighted by molar-refractivity contribution is -0.147. The Hall–Kier alpha value is -1.55. The summed E-state index contributed by atoms with van der Waals surface area (Å²) in [6, 6.07) is 7.30. The predicted molar refractivity (Wildman–Crippen MR) is 102 cm³/mol. The Morgan fingerprint density at radius 3 is 2.27 bits per heavy atom. The first kappa shape index (κ1) is 17.8. The van der Waals surface area contributed by atoms with E-state index >= 15 is 0 Å². The largest absolute Gasteiger partial charge is 0.348 e. The summed E-state index contributed by atoms with van der Waals surface area (Å²) in [7, 11) is 0. The molecular formula is C21H27ClN2O2. The maximum absolute atomic E-state index is 12.9. The second-order valence-electron chi connectivity index (χ2n) is 8.69. The lowest BCUT2D eigenvalue weighted by Gasteiger charge is -2.55. The summed E-state index contributed by atoms with van der Waals surface area (Å²) in [6.45, 7) is 1.94. The third-order valence-corrected chi connectivity index (χ3v) is 7.02. The van der Waals surface area contributed by atoms with E-state index in [0.29, 0.717) is 5.02 Å². The van der Waals surface area contributed by atoms with Crippen molar-refractivity contribution in [2.75, 3.05) is 6.54 Å². The van der Waals surface area contributed by atoms with Gasteiger partial charge in [-0.3, -0.25) is 9.59 Å². The van der Waals surface area contributed by atoms with Crippen LogP contribution in [-0.2, 0) is 9.59 Å². The molecule has 4 bridgehead atoms. The Balaban J connectivity index is 1.32. The fourth-order valence-corrected chi connectivity index (χ4v) is 6.23. The number of amides is 2. The standard InChI is InChI=1S/C21H27ClN2O2/c1-13(17-4-2-3-5-18(17)22)24-19(25)12-23-20(26)21-9-14-6-15(10-21)8-16(7-14)11-21/h2-5,13-16H,6-12H2,1H3,(H,23,26)(H,24,25). The zero-order chi connectivity index (χ0) is 18.3. The van der Waals surface area contributed by atoms with Crippen molar-refractivity contribution in [1.82, 2.24) is 10.6 Å². The van der Waals surface area contributed by atoms with Gasteiger partial charge in [-0.2, -0.15) is 0 Å². The summed E-state index contributed by atoms with van der Waals surface area (Å²) >= 11 is 6.19. The van der Waals surface area contributed by atoms with Gasteiger partial charge < -0.3 is 10.6 Å². The molecule has 0 spiro atoms. The van der Waals surface area contributed by atoms with E-state index in [2.05, 4.69) is 10.6 Å². The van der Waals surface area contributed by atoms with Crippen LogP contribution in [0.4, 0.5) is 0 Å². The fourth-order valence-electron chi connectivity index (χ4n) is 5.93. The molecule has 1 unspecified atom stereocenters. The summed E-state index contributed by atoms with van der Waals surface area (Å²) in [6.07, 6.45) is 6.97. The summed E-state index contributed by atoms with van der Waals surface area (Å²) in [5.74, 6) is 2.09. The van der Waals surface area contributed by atoms with Crippen LogP contribution in [0.1, 0.15) is 57.1 Å². The highest BCUT2D eigenvalue weighted by Gasteiger charge is 2.54. The van der Waals surface area contributed by atoms with Crippen LogP contribution in [0, 0.1) is 23.2 Å². The molecule has 0 heterocycles. The number of nitrogens with one attached hydrogen (secondary N) is 2. The van der Waals surface area contributed by atoms with Gasteiger partial charge in [-0.15, -0.1) is 0 Å². The first-order chi connectivity index (χ1) is 12.4. The number of rotatable bonds is 5. The average molecular weight is 375 g/mol. The molecule has 0 aromatic heterocycles. The van der Waals surface area contributed by atoms with Crippen molar-refractivity contribution in [1.29, 1.82) is 0 Å². The maximum Gasteiger partial charge on any atom is 0.239 e. The van der Waals surface area contributed by atoms with Gasteiger partial charge in [-0.25, -0.2) is 0 Å². The minimum Gasteiger partial charge on any atom is -0.348 e. The molecule has 26 heavy (non-hydrogen) atoms. The predicted octanol–water partition coefficient (Wildman–Crippen LogP) is 3.85. The molecule has 0 aliphatic heterocycles. The van der Waals surface area contributed by atoms with Crippen LogP contribution in [-0.4, -0.2) is 18.4 Å². The number of benzene rings is 1. The van der Waals surface area contributed by atoms with Gasteiger partial charge in [-0.05, 0) is 74.8 Å². The molecule has 4 nitrogen and oxygen atoms in total. The lowest BCUT2D eigenvalue weighted by Crippen LogP contribution is -2.54. The highest BCUT2D eigenvalue weighted by Crippen LogP contribution is 2.60. The van der Waals surface area contributed by atoms with E-state index in [4.69, 9.17) is 11.6 Å². The summed E-state index contributed by atoms with van der Waals surface area (Å²) in [5, 5.41) is 6.49. The van der Waals surface area contributed by atoms with Crippen molar-refractivity contribution in [2.45, 2.75) is 51.5 Å². The molecule has 4 aliphatic rings. The van der Waals surface area contributed by atoms with Gasteiger partial charge in [0.2, 0.25) is 11.8 Å². The maximum atomic E-state index is 12.9. The molecule has 0 radical (unpaired) electrons. The molecule has 4 aliphatic carbocycles. The molecule has 140 valence electrons. The van der Waals surface area contributed by atoms with Gasteiger partial charge in [0, 0.05) is 10.4 Å². The summed E-state index contributed by atoms with van der Waals surface area (Å²) in [5.41, 5.74) is 0.679. The third-order valence-electron chi connectivity index (χ3n) is 6.68. The minimum absolute atomic E-state index is 0.0371. The van der Waals surface area contributed by atoms with Crippen molar-refractivity contribution >= 4 is 23.4 Å². The molecule has 2 N–H and O–H groups in total. The van der Waals surface area contributed by atoms with Crippen LogP contribution in [0.2, 0.25) is 5.02 Å². The fraction of sp³-hybridized carbons (Fsp3) is 0.619. The van der Waals surface area contributed by atoms with E-state index in [1.165, 1.54) is 19.3 Å². The van der Waals surface area contributed by atoms with Crippen molar-refractivity contribution in [3.63, 3.8) is 0 Å². The van der Waals surface area contributed by atoms with Crippen LogP contribution >= 0.6 is 11.6 Å². The highest BCUT2D eigenvalue weighted by molar-refractivity contribution is 6.31. The minimum atomic E-state index is -0.205. The van der Waals surface area contributed by atoms with Gasteiger partial charge in [0.1, 0.15) is 0 Å². The normalized spacial score (nSPS) is 32.9. The van der Waals surface area contributed by atoms with Crippen LogP contribution < -0.4 is 10.6 Å². The highest BCUT2D eigenvalue weighted by atomic mass is 35.5. The van der Waals surface area contributed by atoms with E-state index in [-0.39, 0.29) is 29.8 Å². The van der Waals surface area contributed by atoms with Crippen LogP contribution in [0.15, 0.2) is 24.3 Å². The number of hydrogen-bond acceptors (Lipinski definition) is 2. The molecule has 4 fully saturated rings. The van der Waals surface area contributed by atoms with E-state index in [1.54, 1.807) is 0 Å². The van der Waals surface area contributed by atoms with Gasteiger partial charge in [0.05, 0.1) is 12.6 Å². The quantitative estimate of drug-likeness (QED) is 0.822. The Kier molecular flexibility index (Phi) is 4.72. The molecule has 4 saturated carbocycles. The number of halogens is 1. The molecule has 0 saturated heterocycles. The van der Waals surface area contributed by atoms with E-state index in [9.17, 15) is 9.59 Å². The Labute approximate surface area is 160 Å². The topological polar surface area (TPSA) is 58.2 Å². The Morgan fingerprint density at radius 2 is 1.69 bits per heavy atom. The Morgan fingerprint density at radius 1 is 1.12 bits per heavy atom. The van der Waals surface area contributed by atoms with Gasteiger partial charge in [-0.1, -0.05) is 29.8 Å². The molecule has 5 rings (SSSR count). The first-order valence-electron chi connectivity index (χ1n) is 9.77. The van der Waals surface area contributed by atoms with Crippen molar-refractivity contribution < 1.29 is 9.59 Å². The third kappa shape index (κ3) is 3.36. The molecule has 1 aromatic rings. The zero-order valence-electron chi connectivity index (χ0n) is 15.3. The van der Waals surface area contributed by atoms with E-state index in [1.807, 2.05) is 31.2 Å². The average Bonchev–Trinajstić information content (AvgIpc) is 2.58. The summed E-state index contributed by atoms with van der Waals surface area (Å²) < 4.78 is 0. The van der Waals surface area contributed by atoms with Gasteiger partial charge in [0.25, 0.3) is 0 Å². The van der Waals surface area contributed by atoms with Crippen LogP contribution in [0.3, 0.4) is 0 Å². The van der Waals surface area contributed by atoms with Crippen LogP contribution in [0.25, 0.3) is 0 Å². The first-order valence-corrected chi connectivity index (χ1v) is 10.1. The number of carbonyl (C=O) groups is 2. The molecule has 1 aromatic carbocycles. The molecule has 5 heteroatoms. The molecule has 2 amide bonds. The van der Waals surface area contributed by atoms with Gasteiger partial charge in [0.15, 0.2) is 0 Å². The second-order valence-corrected chi connectivity index (χ2v) is 9.10. The van der Waals surface area contributed by atoms with Crippen LogP contribution in [0.5, 0.6) is 0 Å². The SMILES string of the molecule is CC(NC(=O)CNC(=O)C12CC3CC(CC(C3)C1)C2)c1ccccc1Cl. The Bertz CT molecular complexity index is 682. The molecule has 1 atom stereocenters.